The first-order chi connectivity index (χ1) is 19.7. The predicted octanol–water partition coefficient (Wildman–Crippen LogP) is 4.66. The fourth-order valence-electron chi connectivity index (χ4n) is 3.81. The van der Waals surface area contributed by atoms with Crippen molar-refractivity contribution in [3.05, 3.63) is 58.0 Å². The number of sulfonamides is 1. The van der Waals surface area contributed by atoms with E-state index < -0.39 is 46.0 Å². The lowest BCUT2D eigenvalue weighted by Crippen LogP contribution is -2.29. The summed E-state index contributed by atoms with van der Waals surface area (Å²) in [6, 6.07) is 6.71. The Balaban J connectivity index is 1.93. The predicted molar refractivity (Wildman–Crippen MR) is 153 cm³/mol. The number of nitrogens with one attached hydrogen (secondary N) is 3. The number of amides is 1. The lowest BCUT2D eigenvalue weighted by Gasteiger charge is -2.13. The molecule has 3 N–H and O–H groups in total. The molecule has 15 heteroatoms. The van der Waals surface area contributed by atoms with Gasteiger partial charge >= 0.3 is 12.9 Å². The Kier molecular flexibility index (Phi) is 10.6. The molecular formula is C27H27F4N5O4S2. The van der Waals surface area contributed by atoms with E-state index in [0.29, 0.717) is 22.3 Å². The van der Waals surface area contributed by atoms with Crippen molar-refractivity contribution in [1.82, 2.24) is 9.62 Å². The van der Waals surface area contributed by atoms with Crippen molar-refractivity contribution in [2.24, 2.45) is 0 Å². The van der Waals surface area contributed by atoms with Crippen molar-refractivity contribution >= 4 is 48.7 Å². The number of halogens is 4. The number of ether oxygens (including phenoxy) is 1. The van der Waals surface area contributed by atoms with E-state index >= 15 is 0 Å². The van der Waals surface area contributed by atoms with E-state index in [4.69, 9.17) is 11.3 Å². The summed E-state index contributed by atoms with van der Waals surface area (Å²) in [6.45, 7) is 8.47. The highest BCUT2D eigenvalue weighted by molar-refractivity contribution is 7.90. The Hall–Kier alpha value is -4.05. The number of anilines is 2. The maximum Gasteiger partial charge on any atom is 0.393 e. The van der Waals surface area contributed by atoms with E-state index in [2.05, 4.69) is 27.3 Å². The molecule has 0 saturated heterocycles. The van der Waals surface area contributed by atoms with Crippen LogP contribution in [0.1, 0.15) is 17.4 Å². The third-order valence-electron chi connectivity index (χ3n) is 5.53. The number of hydrogen-bond donors (Lipinski definition) is 3. The molecular weight excluding hydrogens is 598 g/mol. The molecule has 0 radical (unpaired) electrons. The maximum atomic E-state index is 14.7. The molecule has 0 saturated carbocycles. The van der Waals surface area contributed by atoms with Gasteiger partial charge in [-0.25, -0.2) is 24.1 Å². The molecule has 1 aromatic heterocycles. The van der Waals surface area contributed by atoms with E-state index in [1.54, 1.807) is 22.9 Å². The van der Waals surface area contributed by atoms with Crippen molar-refractivity contribution in [1.29, 1.82) is 0 Å². The topological polar surface area (TPSA) is 104 Å². The number of carbonyl (C=O) groups excluding carboxylic acids is 1. The number of hydrogen-bond acceptors (Lipinski definition) is 8. The minimum atomic E-state index is -4.55. The molecule has 3 rings (SSSR count). The average molecular weight is 626 g/mol. The average Bonchev–Trinajstić information content (AvgIpc) is 3.21. The van der Waals surface area contributed by atoms with Gasteiger partial charge in [-0.15, -0.1) is 11.3 Å². The van der Waals surface area contributed by atoms with Gasteiger partial charge in [0.05, 0.1) is 33.9 Å². The smallest absolute Gasteiger partial charge is 0.393 e. The van der Waals surface area contributed by atoms with Crippen LogP contribution >= 0.6 is 11.3 Å². The number of rotatable bonds is 11. The molecule has 42 heavy (non-hydrogen) atoms. The normalized spacial score (nSPS) is 11.5. The van der Waals surface area contributed by atoms with Gasteiger partial charge < -0.3 is 20.3 Å². The molecule has 0 bridgehead atoms. The van der Waals surface area contributed by atoms with Gasteiger partial charge in [-0.3, -0.25) is 9.64 Å². The van der Waals surface area contributed by atoms with Crippen molar-refractivity contribution in [3.8, 4) is 17.6 Å². The second kappa shape index (κ2) is 13.7. The largest absolute Gasteiger partial charge is 0.424 e. The second-order valence-electron chi connectivity index (χ2n) is 9.14. The Morgan fingerprint density at radius 3 is 2.57 bits per heavy atom. The maximum absolute atomic E-state index is 14.7. The fourth-order valence-corrected chi connectivity index (χ4v) is 6.06. The summed E-state index contributed by atoms with van der Waals surface area (Å²) in [4.78, 5) is 15.6. The van der Waals surface area contributed by atoms with Crippen LogP contribution in [0.5, 0.6) is 5.75 Å². The number of nitrogens with zero attached hydrogens (tertiary/aromatic N) is 2. The molecule has 3 aromatic rings. The molecule has 0 aliphatic rings. The van der Waals surface area contributed by atoms with E-state index in [-0.39, 0.29) is 28.4 Å². The van der Waals surface area contributed by atoms with Gasteiger partial charge in [-0.2, -0.15) is 13.2 Å². The van der Waals surface area contributed by atoms with Crippen LogP contribution in [-0.4, -0.2) is 65.9 Å². The van der Waals surface area contributed by atoms with Crippen LogP contribution in [0.2, 0.25) is 0 Å². The van der Waals surface area contributed by atoms with Crippen LogP contribution in [0.15, 0.2) is 35.2 Å². The summed E-state index contributed by atoms with van der Waals surface area (Å²) in [6.07, 6.45) is -5.64. The summed E-state index contributed by atoms with van der Waals surface area (Å²) >= 11 is 1.13. The van der Waals surface area contributed by atoms with E-state index in [1.807, 2.05) is 19.0 Å². The molecule has 0 aliphatic heterocycles. The lowest BCUT2D eigenvalue weighted by atomic mass is 10.1. The number of fused-ring (bicyclic) bond motifs is 1. The minimum absolute atomic E-state index is 0.0471. The first-order valence-corrected chi connectivity index (χ1v) is 14.6. The number of carbonyl (C=O) groups is 1. The van der Waals surface area contributed by atoms with Crippen LogP contribution in [0.4, 0.5) is 28.9 Å². The zero-order valence-corrected chi connectivity index (χ0v) is 24.4. The van der Waals surface area contributed by atoms with Gasteiger partial charge in [0.1, 0.15) is 10.7 Å². The molecule has 224 valence electrons. The molecule has 0 unspecified atom stereocenters. The molecule has 0 fully saturated rings. The fraction of sp³-hybridized carbons (Fsp3) is 0.333. The van der Waals surface area contributed by atoms with Crippen LogP contribution in [0, 0.1) is 24.2 Å². The van der Waals surface area contributed by atoms with Crippen LogP contribution in [-0.2, 0) is 21.2 Å². The number of thiophene rings is 1. The Morgan fingerprint density at radius 1 is 1.19 bits per heavy atom. The van der Waals surface area contributed by atoms with Gasteiger partial charge in [0, 0.05) is 32.1 Å². The van der Waals surface area contributed by atoms with Gasteiger partial charge in [-0.05, 0) is 31.1 Å². The summed E-state index contributed by atoms with van der Waals surface area (Å²) < 4.78 is 87.3. The monoisotopic (exact) mass is 625 g/mol. The second-order valence-corrected chi connectivity index (χ2v) is 11.8. The Labute approximate surface area is 244 Å². The van der Waals surface area contributed by atoms with Crippen molar-refractivity contribution in [2.75, 3.05) is 51.1 Å². The number of likely N-dealkylation sites (N-methyl/N-ethyl adjacent to an activating group) is 1. The Bertz CT molecular complexity index is 1670. The highest BCUT2D eigenvalue weighted by Crippen LogP contribution is 2.39. The highest BCUT2D eigenvalue weighted by atomic mass is 32.2. The molecule has 0 spiro atoms. The molecule has 0 atom stereocenters. The van der Waals surface area contributed by atoms with Gasteiger partial charge in [0.15, 0.2) is 5.75 Å². The first kappa shape index (κ1) is 32.5. The summed E-state index contributed by atoms with van der Waals surface area (Å²) in [5.74, 6) is 3.16. The summed E-state index contributed by atoms with van der Waals surface area (Å²) in [5, 5.41) is 6.44. The van der Waals surface area contributed by atoms with Gasteiger partial charge in [-0.1, -0.05) is 24.0 Å². The van der Waals surface area contributed by atoms with Crippen LogP contribution < -0.4 is 20.1 Å². The molecule has 1 amide bonds. The SMILES string of the molecule is [C-]#[N+]COc1cc(S(=O)(=O)NC(C)=O)c(F)cc1NCC#Cc1sc2c(NCCN(C)C)cccc2c1CC(F)(F)F. The number of benzene rings is 2. The van der Waals surface area contributed by atoms with E-state index in [0.717, 1.165) is 36.9 Å². The quantitative estimate of drug-likeness (QED) is 0.162. The lowest BCUT2D eigenvalue weighted by molar-refractivity contribution is -0.127. The zero-order chi connectivity index (χ0) is 31.1. The van der Waals surface area contributed by atoms with Crippen LogP contribution in [0.25, 0.3) is 14.9 Å². The van der Waals surface area contributed by atoms with Gasteiger partial charge in [0.2, 0.25) is 5.91 Å². The molecule has 2 aromatic carbocycles. The summed E-state index contributed by atoms with van der Waals surface area (Å²) in [7, 11) is -0.729. The van der Waals surface area contributed by atoms with Crippen LogP contribution in [0.3, 0.4) is 0 Å². The zero-order valence-electron chi connectivity index (χ0n) is 22.8. The van der Waals surface area contributed by atoms with Gasteiger partial charge in [0.25, 0.3) is 10.0 Å². The highest BCUT2D eigenvalue weighted by Gasteiger charge is 2.31. The van der Waals surface area contributed by atoms with E-state index in [9.17, 15) is 30.8 Å². The third kappa shape index (κ3) is 8.72. The first-order valence-electron chi connectivity index (χ1n) is 12.3. The van der Waals surface area contributed by atoms with E-state index in [1.165, 1.54) is 0 Å². The molecule has 0 aliphatic carbocycles. The van der Waals surface area contributed by atoms with Crippen molar-refractivity contribution in [2.45, 2.75) is 24.4 Å². The molecule has 1 heterocycles. The Morgan fingerprint density at radius 2 is 1.93 bits per heavy atom. The number of alkyl halides is 3. The summed E-state index contributed by atoms with van der Waals surface area (Å²) in [5.41, 5.74) is 0.692. The standard InChI is InChI=1S/C27H27F4N5O4S2/c1-17(37)35-42(38,39)25-14-23(40-16-32-2)22(13-20(25)28)33-10-6-9-24-19(15-27(29,30)31)18-7-5-8-21(26(18)41-24)34-11-12-36(3)4/h5,7-8,13-14,33-34H,10-12,15-16H2,1,3-4H3,(H,35,37). The van der Waals surface area contributed by atoms with Crippen molar-refractivity contribution < 1.29 is 35.5 Å². The van der Waals surface area contributed by atoms with Crippen molar-refractivity contribution in [3.63, 3.8) is 0 Å². The molecule has 9 nitrogen and oxygen atoms in total. The minimum Gasteiger partial charge on any atom is -0.424 e. The third-order valence-corrected chi connectivity index (χ3v) is 8.17.